The smallest absolute Gasteiger partial charge is 0.126 e. The molecule has 0 aliphatic heterocycles. The zero-order valence-corrected chi connectivity index (χ0v) is 8.80. The van der Waals surface area contributed by atoms with Gasteiger partial charge in [0.2, 0.25) is 0 Å². The third kappa shape index (κ3) is 3.00. The second-order valence-electron chi connectivity index (χ2n) is 3.40. The van der Waals surface area contributed by atoms with E-state index in [-0.39, 0.29) is 11.9 Å². The van der Waals surface area contributed by atoms with Gasteiger partial charge in [0.25, 0.3) is 0 Å². The van der Waals surface area contributed by atoms with E-state index in [1.807, 2.05) is 14.0 Å². The van der Waals surface area contributed by atoms with Gasteiger partial charge in [-0.3, -0.25) is 0 Å². The molecule has 1 aromatic carbocycles. The van der Waals surface area contributed by atoms with Crippen LogP contribution in [-0.4, -0.2) is 19.7 Å². The number of aryl methyl sites for hydroxylation is 1. The van der Waals surface area contributed by atoms with Crippen LogP contribution in [0, 0.1) is 12.7 Å². The van der Waals surface area contributed by atoms with Gasteiger partial charge in [0.15, 0.2) is 0 Å². The van der Waals surface area contributed by atoms with Gasteiger partial charge in [0.05, 0.1) is 0 Å². The lowest BCUT2D eigenvalue weighted by atomic mass is 10.2. The van der Waals surface area contributed by atoms with Crippen LogP contribution in [0.2, 0.25) is 0 Å². The van der Waals surface area contributed by atoms with E-state index in [4.69, 9.17) is 4.74 Å². The first-order valence-corrected chi connectivity index (χ1v) is 4.71. The highest BCUT2D eigenvalue weighted by molar-refractivity contribution is 5.28. The summed E-state index contributed by atoms with van der Waals surface area (Å²) in [5.74, 6) is 0.519. The third-order valence-electron chi connectivity index (χ3n) is 1.96. The van der Waals surface area contributed by atoms with E-state index in [2.05, 4.69) is 5.32 Å². The standard InChI is InChI=1S/C11H16FNO/c1-8-6-10(4-5-11(8)12)14-9(2)7-13-3/h4-6,9,13H,7H2,1-3H3. The van der Waals surface area contributed by atoms with Crippen molar-refractivity contribution >= 4 is 0 Å². The Morgan fingerprint density at radius 3 is 2.79 bits per heavy atom. The van der Waals surface area contributed by atoms with Crippen molar-refractivity contribution in [3.8, 4) is 5.75 Å². The van der Waals surface area contributed by atoms with E-state index >= 15 is 0 Å². The van der Waals surface area contributed by atoms with Gasteiger partial charge in [-0.15, -0.1) is 0 Å². The molecule has 1 rings (SSSR count). The topological polar surface area (TPSA) is 21.3 Å². The molecule has 0 bridgehead atoms. The van der Waals surface area contributed by atoms with Crippen molar-refractivity contribution in [1.82, 2.24) is 5.32 Å². The number of hydrogen-bond acceptors (Lipinski definition) is 2. The summed E-state index contributed by atoms with van der Waals surface area (Å²) < 4.78 is 18.5. The predicted octanol–water partition coefficient (Wildman–Crippen LogP) is 2.12. The molecule has 78 valence electrons. The molecule has 0 aliphatic carbocycles. The normalized spacial score (nSPS) is 12.6. The van der Waals surface area contributed by atoms with E-state index in [0.717, 1.165) is 6.54 Å². The highest BCUT2D eigenvalue weighted by Crippen LogP contribution is 2.16. The molecular weight excluding hydrogens is 181 g/mol. The highest BCUT2D eigenvalue weighted by atomic mass is 19.1. The van der Waals surface area contributed by atoms with E-state index in [1.165, 1.54) is 6.07 Å². The van der Waals surface area contributed by atoms with Crippen LogP contribution in [0.25, 0.3) is 0 Å². The van der Waals surface area contributed by atoms with Gasteiger partial charge >= 0.3 is 0 Å². The van der Waals surface area contributed by atoms with E-state index in [9.17, 15) is 4.39 Å². The van der Waals surface area contributed by atoms with Crippen molar-refractivity contribution in [3.05, 3.63) is 29.6 Å². The van der Waals surface area contributed by atoms with Gasteiger partial charge in [-0.05, 0) is 44.7 Å². The molecule has 0 radical (unpaired) electrons. The van der Waals surface area contributed by atoms with Crippen LogP contribution in [0.4, 0.5) is 4.39 Å². The summed E-state index contributed by atoms with van der Waals surface area (Å²) in [6.07, 6.45) is 0.0878. The van der Waals surface area contributed by atoms with Crippen LogP contribution in [0.3, 0.4) is 0 Å². The molecular formula is C11H16FNO. The Labute approximate surface area is 84.1 Å². The second kappa shape index (κ2) is 4.96. The molecule has 1 N–H and O–H groups in total. The quantitative estimate of drug-likeness (QED) is 0.798. The Morgan fingerprint density at radius 1 is 1.50 bits per heavy atom. The molecule has 0 amide bonds. The molecule has 0 fully saturated rings. The molecule has 1 unspecified atom stereocenters. The summed E-state index contributed by atoms with van der Waals surface area (Å²) >= 11 is 0. The van der Waals surface area contributed by atoms with Crippen LogP contribution in [0.15, 0.2) is 18.2 Å². The van der Waals surface area contributed by atoms with Gasteiger partial charge < -0.3 is 10.1 Å². The van der Waals surface area contributed by atoms with Gasteiger partial charge in [-0.1, -0.05) is 0 Å². The number of halogens is 1. The number of nitrogens with one attached hydrogen (secondary N) is 1. The largest absolute Gasteiger partial charge is 0.489 e. The number of likely N-dealkylation sites (N-methyl/N-ethyl adjacent to an activating group) is 1. The molecule has 1 atom stereocenters. The number of rotatable bonds is 4. The molecule has 0 aromatic heterocycles. The monoisotopic (exact) mass is 197 g/mol. The number of benzene rings is 1. The summed E-state index contributed by atoms with van der Waals surface area (Å²) in [5, 5.41) is 3.01. The van der Waals surface area contributed by atoms with Crippen LogP contribution in [0.5, 0.6) is 5.75 Å². The van der Waals surface area contributed by atoms with E-state index in [0.29, 0.717) is 11.3 Å². The molecule has 14 heavy (non-hydrogen) atoms. The van der Waals surface area contributed by atoms with Crippen molar-refractivity contribution in [2.75, 3.05) is 13.6 Å². The molecule has 0 saturated carbocycles. The maximum atomic E-state index is 12.9. The zero-order valence-electron chi connectivity index (χ0n) is 8.80. The second-order valence-corrected chi connectivity index (χ2v) is 3.40. The Bertz CT molecular complexity index is 301. The Balaban J connectivity index is 2.63. The molecule has 0 heterocycles. The van der Waals surface area contributed by atoms with E-state index < -0.39 is 0 Å². The first kappa shape index (κ1) is 11.0. The lowest BCUT2D eigenvalue weighted by Gasteiger charge is -2.14. The number of ether oxygens (including phenoxy) is 1. The van der Waals surface area contributed by atoms with Crippen LogP contribution in [0.1, 0.15) is 12.5 Å². The molecule has 3 heteroatoms. The molecule has 1 aromatic rings. The van der Waals surface area contributed by atoms with Gasteiger partial charge in [0.1, 0.15) is 17.7 Å². The first-order chi connectivity index (χ1) is 6.63. The van der Waals surface area contributed by atoms with Crippen molar-refractivity contribution in [2.45, 2.75) is 20.0 Å². The summed E-state index contributed by atoms with van der Waals surface area (Å²) in [6, 6.07) is 4.78. The maximum Gasteiger partial charge on any atom is 0.126 e. The average molecular weight is 197 g/mol. The van der Waals surface area contributed by atoms with Crippen molar-refractivity contribution in [2.24, 2.45) is 0 Å². The fraction of sp³-hybridized carbons (Fsp3) is 0.455. The van der Waals surface area contributed by atoms with Crippen molar-refractivity contribution < 1.29 is 9.13 Å². The lowest BCUT2D eigenvalue weighted by Crippen LogP contribution is -2.26. The van der Waals surface area contributed by atoms with Crippen molar-refractivity contribution in [1.29, 1.82) is 0 Å². The fourth-order valence-electron chi connectivity index (χ4n) is 1.25. The minimum atomic E-state index is -0.196. The predicted molar refractivity (Wildman–Crippen MR) is 55.2 cm³/mol. The average Bonchev–Trinajstić information content (AvgIpc) is 2.12. The van der Waals surface area contributed by atoms with Gasteiger partial charge in [-0.25, -0.2) is 4.39 Å². The molecule has 0 saturated heterocycles. The van der Waals surface area contributed by atoms with Crippen LogP contribution < -0.4 is 10.1 Å². The first-order valence-electron chi connectivity index (χ1n) is 4.71. The number of hydrogen-bond donors (Lipinski definition) is 1. The Morgan fingerprint density at radius 2 is 2.21 bits per heavy atom. The molecule has 2 nitrogen and oxygen atoms in total. The highest BCUT2D eigenvalue weighted by Gasteiger charge is 2.04. The van der Waals surface area contributed by atoms with E-state index in [1.54, 1.807) is 19.1 Å². The summed E-state index contributed by atoms with van der Waals surface area (Å²) in [5.41, 5.74) is 0.610. The minimum Gasteiger partial charge on any atom is -0.489 e. The maximum absolute atomic E-state index is 12.9. The van der Waals surface area contributed by atoms with Crippen LogP contribution in [-0.2, 0) is 0 Å². The fourth-order valence-corrected chi connectivity index (χ4v) is 1.25. The Kier molecular flexibility index (Phi) is 3.89. The third-order valence-corrected chi connectivity index (χ3v) is 1.96. The lowest BCUT2D eigenvalue weighted by molar-refractivity contribution is 0.220. The summed E-state index contributed by atoms with van der Waals surface area (Å²) in [4.78, 5) is 0. The van der Waals surface area contributed by atoms with Crippen LogP contribution >= 0.6 is 0 Å². The van der Waals surface area contributed by atoms with Gasteiger partial charge in [0, 0.05) is 6.54 Å². The minimum absolute atomic E-state index is 0.0878. The Hall–Kier alpha value is -1.09. The summed E-state index contributed by atoms with van der Waals surface area (Å²) in [6.45, 7) is 4.47. The van der Waals surface area contributed by atoms with Crippen molar-refractivity contribution in [3.63, 3.8) is 0 Å². The molecule has 0 aliphatic rings. The SMILES string of the molecule is CNCC(C)Oc1ccc(F)c(C)c1. The summed E-state index contributed by atoms with van der Waals surface area (Å²) in [7, 11) is 1.87. The zero-order chi connectivity index (χ0) is 10.6. The van der Waals surface area contributed by atoms with Gasteiger partial charge in [-0.2, -0.15) is 0 Å². The molecule has 0 spiro atoms.